The van der Waals surface area contributed by atoms with Crippen LogP contribution in [0.4, 0.5) is 0 Å². The summed E-state index contributed by atoms with van der Waals surface area (Å²) in [7, 11) is 0. The number of pyridine rings is 1. The zero-order valence-corrected chi connectivity index (χ0v) is 10.7. The summed E-state index contributed by atoms with van der Waals surface area (Å²) in [6.07, 6.45) is 3.34. The van der Waals surface area contributed by atoms with Crippen molar-refractivity contribution in [2.45, 2.75) is 20.5 Å². The molecule has 88 valence electrons. The largest absolute Gasteiger partial charge is 0.489 e. The van der Waals surface area contributed by atoms with E-state index in [1.165, 1.54) is 5.56 Å². The highest BCUT2D eigenvalue weighted by molar-refractivity contribution is 6.31. The third-order valence-corrected chi connectivity index (χ3v) is 2.91. The fourth-order valence-corrected chi connectivity index (χ4v) is 1.81. The Bertz CT molecular complexity index is 525. The second kappa shape index (κ2) is 5.19. The van der Waals surface area contributed by atoms with Gasteiger partial charge in [-0.2, -0.15) is 0 Å². The van der Waals surface area contributed by atoms with E-state index in [1.54, 1.807) is 12.4 Å². The summed E-state index contributed by atoms with van der Waals surface area (Å²) < 4.78 is 5.75. The predicted octanol–water partition coefficient (Wildman–Crippen LogP) is 3.93. The van der Waals surface area contributed by atoms with E-state index in [2.05, 4.69) is 18.0 Å². The Kier molecular flexibility index (Phi) is 3.64. The molecule has 3 heteroatoms. The molecule has 2 rings (SSSR count). The Balaban J connectivity index is 2.10. The van der Waals surface area contributed by atoms with Gasteiger partial charge in [-0.15, -0.1) is 0 Å². The molecule has 0 amide bonds. The van der Waals surface area contributed by atoms with E-state index in [9.17, 15) is 0 Å². The lowest BCUT2D eigenvalue weighted by molar-refractivity contribution is 0.304. The first-order valence-electron chi connectivity index (χ1n) is 5.45. The molecule has 0 bridgehead atoms. The van der Waals surface area contributed by atoms with Crippen molar-refractivity contribution in [2.75, 3.05) is 0 Å². The van der Waals surface area contributed by atoms with Crippen LogP contribution in [0.25, 0.3) is 0 Å². The molecular formula is C14H14ClNO. The van der Waals surface area contributed by atoms with E-state index < -0.39 is 0 Å². The molecule has 1 heterocycles. The Hall–Kier alpha value is -1.54. The van der Waals surface area contributed by atoms with E-state index in [0.717, 1.165) is 16.9 Å². The van der Waals surface area contributed by atoms with Crippen LogP contribution in [-0.4, -0.2) is 4.98 Å². The summed E-state index contributed by atoms with van der Waals surface area (Å²) >= 11 is 6.01. The fraction of sp³-hybridized carbons (Fsp3) is 0.214. The van der Waals surface area contributed by atoms with Gasteiger partial charge in [0.1, 0.15) is 12.4 Å². The number of aromatic nitrogens is 1. The maximum absolute atomic E-state index is 6.01. The van der Waals surface area contributed by atoms with Gasteiger partial charge < -0.3 is 4.74 Å². The molecule has 0 aliphatic carbocycles. The lowest BCUT2D eigenvalue weighted by atomic mass is 10.1. The third-order valence-electron chi connectivity index (χ3n) is 2.57. The predicted molar refractivity (Wildman–Crippen MR) is 69.5 cm³/mol. The zero-order valence-electron chi connectivity index (χ0n) is 9.90. The summed E-state index contributed by atoms with van der Waals surface area (Å²) in [5.41, 5.74) is 3.31. The van der Waals surface area contributed by atoms with Crippen molar-refractivity contribution in [1.82, 2.24) is 4.98 Å². The molecule has 0 saturated heterocycles. The minimum atomic E-state index is 0.464. The topological polar surface area (TPSA) is 22.1 Å². The van der Waals surface area contributed by atoms with Crippen molar-refractivity contribution in [1.29, 1.82) is 0 Å². The van der Waals surface area contributed by atoms with Crippen LogP contribution in [0.3, 0.4) is 0 Å². The van der Waals surface area contributed by atoms with Crippen molar-refractivity contribution in [3.8, 4) is 5.75 Å². The van der Waals surface area contributed by atoms with Crippen molar-refractivity contribution in [3.05, 3.63) is 58.4 Å². The molecule has 0 spiro atoms. The SMILES string of the molecule is Cc1ccc(OCc2ccncc2Cl)c(C)c1. The molecule has 0 aliphatic rings. The highest BCUT2D eigenvalue weighted by Gasteiger charge is 2.03. The first-order valence-corrected chi connectivity index (χ1v) is 5.83. The Morgan fingerprint density at radius 1 is 1.24 bits per heavy atom. The van der Waals surface area contributed by atoms with E-state index >= 15 is 0 Å². The molecule has 1 aromatic heterocycles. The van der Waals surface area contributed by atoms with Gasteiger partial charge in [-0.05, 0) is 31.5 Å². The second-order valence-electron chi connectivity index (χ2n) is 4.02. The number of hydrogen-bond acceptors (Lipinski definition) is 2. The van der Waals surface area contributed by atoms with Crippen LogP contribution in [0.5, 0.6) is 5.75 Å². The Morgan fingerprint density at radius 3 is 2.76 bits per heavy atom. The van der Waals surface area contributed by atoms with E-state index in [-0.39, 0.29) is 0 Å². The molecule has 0 saturated carbocycles. The first kappa shape index (κ1) is 11.9. The number of halogens is 1. The van der Waals surface area contributed by atoms with Crippen LogP contribution in [0.15, 0.2) is 36.7 Å². The van der Waals surface area contributed by atoms with Gasteiger partial charge in [0.25, 0.3) is 0 Å². The summed E-state index contributed by atoms with van der Waals surface area (Å²) in [5, 5.41) is 0.636. The summed E-state index contributed by atoms with van der Waals surface area (Å²) in [6.45, 7) is 4.57. The van der Waals surface area contributed by atoms with Gasteiger partial charge in [-0.1, -0.05) is 29.3 Å². The number of hydrogen-bond donors (Lipinski definition) is 0. The fourth-order valence-electron chi connectivity index (χ4n) is 1.64. The number of rotatable bonds is 3. The lowest BCUT2D eigenvalue weighted by Crippen LogP contribution is -1.98. The second-order valence-corrected chi connectivity index (χ2v) is 4.43. The minimum absolute atomic E-state index is 0.464. The van der Waals surface area contributed by atoms with Crippen LogP contribution in [-0.2, 0) is 6.61 Å². The molecule has 2 aromatic rings. The Morgan fingerprint density at radius 2 is 2.06 bits per heavy atom. The van der Waals surface area contributed by atoms with E-state index in [0.29, 0.717) is 11.6 Å². The smallest absolute Gasteiger partial charge is 0.122 e. The minimum Gasteiger partial charge on any atom is -0.489 e. The molecule has 1 aromatic carbocycles. The van der Waals surface area contributed by atoms with Crippen LogP contribution in [0.2, 0.25) is 5.02 Å². The molecule has 0 aliphatic heterocycles. The van der Waals surface area contributed by atoms with Gasteiger partial charge in [-0.25, -0.2) is 0 Å². The highest BCUT2D eigenvalue weighted by Crippen LogP contribution is 2.21. The summed E-state index contributed by atoms with van der Waals surface area (Å²) in [5.74, 6) is 0.892. The zero-order chi connectivity index (χ0) is 12.3. The first-order chi connectivity index (χ1) is 8.16. The number of aryl methyl sites for hydroxylation is 2. The molecular weight excluding hydrogens is 234 g/mol. The van der Waals surface area contributed by atoms with Crippen LogP contribution < -0.4 is 4.74 Å². The standard InChI is InChI=1S/C14H14ClNO/c1-10-3-4-14(11(2)7-10)17-9-12-5-6-16-8-13(12)15/h3-8H,9H2,1-2H3. The monoisotopic (exact) mass is 247 g/mol. The molecule has 17 heavy (non-hydrogen) atoms. The van der Waals surface area contributed by atoms with Crippen molar-refractivity contribution < 1.29 is 4.74 Å². The van der Waals surface area contributed by atoms with E-state index in [4.69, 9.17) is 16.3 Å². The van der Waals surface area contributed by atoms with Gasteiger partial charge in [0.05, 0.1) is 5.02 Å². The lowest BCUT2D eigenvalue weighted by Gasteiger charge is -2.10. The van der Waals surface area contributed by atoms with Crippen molar-refractivity contribution >= 4 is 11.6 Å². The van der Waals surface area contributed by atoms with Crippen LogP contribution in [0, 0.1) is 13.8 Å². The molecule has 2 nitrogen and oxygen atoms in total. The summed E-state index contributed by atoms with van der Waals surface area (Å²) in [6, 6.07) is 7.99. The normalized spacial score (nSPS) is 10.3. The average Bonchev–Trinajstić information content (AvgIpc) is 2.30. The molecule has 0 fully saturated rings. The van der Waals surface area contributed by atoms with Gasteiger partial charge in [0.2, 0.25) is 0 Å². The maximum atomic E-state index is 6.01. The summed E-state index contributed by atoms with van der Waals surface area (Å²) in [4.78, 5) is 3.94. The molecule has 0 unspecified atom stereocenters. The number of ether oxygens (including phenoxy) is 1. The van der Waals surface area contributed by atoms with Gasteiger partial charge in [0.15, 0.2) is 0 Å². The maximum Gasteiger partial charge on any atom is 0.122 e. The Labute approximate surface area is 106 Å². The average molecular weight is 248 g/mol. The van der Waals surface area contributed by atoms with Crippen molar-refractivity contribution in [3.63, 3.8) is 0 Å². The molecule has 0 radical (unpaired) electrons. The quantitative estimate of drug-likeness (QED) is 0.820. The molecule has 0 N–H and O–H groups in total. The van der Waals surface area contributed by atoms with E-state index in [1.807, 2.05) is 25.1 Å². The highest BCUT2D eigenvalue weighted by atomic mass is 35.5. The third kappa shape index (κ3) is 2.98. The molecule has 0 atom stereocenters. The van der Waals surface area contributed by atoms with Crippen molar-refractivity contribution in [2.24, 2.45) is 0 Å². The van der Waals surface area contributed by atoms with Gasteiger partial charge >= 0.3 is 0 Å². The van der Waals surface area contributed by atoms with Crippen LogP contribution in [0.1, 0.15) is 16.7 Å². The van der Waals surface area contributed by atoms with Gasteiger partial charge in [-0.3, -0.25) is 4.98 Å². The van der Waals surface area contributed by atoms with Gasteiger partial charge in [0, 0.05) is 18.0 Å². The van der Waals surface area contributed by atoms with Crippen LogP contribution >= 0.6 is 11.6 Å². The number of benzene rings is 1. The number of nitrogens with zero attached hydrogens (tertiary/aromatic N) is 1.